The molecule has 1 amide bonds. The zero-order valence-corrected chi connectivity index (χ0v) is 13.0. The summed E-state index contributed by atoms with van der Waals surface area (Å²) in [7, 11) is 0. The highest BCUT2D eigenvalue weighted by Crippen LogP contribution is 2.17. The first-order chi connectivity index (χ1) is 9.08. The molecular formula is C15H24ClN3O. The fraction of sp³-hybridized carbons (Fsp3) is 0.533. The molecule has 0 aromatic heterocycles. The van der Waals surface area contributed by atoms with E-state index in [1.54, 1.807) is 0 Å². The van der Waals surface area contributed by atoms with Gasteiger partial charge in [0.25, 0.3) is 0 Å². The molecule has 1 unspecified atom stereocenters. The van der Waals surface area contributed by atoms with Gasteiger partial charge in [0, 0.05) is 12.2 Å². The fourth-order valence-electron chi connectivity index (χ4n) is 2.60. The monoisotopic (exact) mass is 297 g/mol. The van der Waals surface area contributed by atoms with E-state index in [1.807, 2.05) is 19.1 Å². The first-order valence-corrected chi connectivity index (χ1v) is 6.88. The maximum Gasteiger partial charge on any atom is 0.238 e. The lowest BCUT2D eigenvalue weighted by Gasteiger charge is -2.16. The van der Waals surface area contributed by atoms with E-state index in [4.69, 9.17) is 5.73 Å². The van der Waals surface area contributed by atoms with Crippen LogP contribution in [0.15, 0.2) is 18.2 Å². The number of likely N-dealkylation sites (tertiary alicyclic amines) is 1. The number of nitrogens with zero attached hydrogens (tertiary/aromatic N) is 1. The second-order valence-corrected chi connectivity index (χ2v) is 5.49. The van der Waals surface area contributed by atoms with Gasteiger partial charge in [0.1, 0.15) is 0 Å². The predicted molar refractivity (Wildman–Crippen MR) is 85.4 cm³/mol. The molecule has 1 saturated heterocycles. The molecule has 0 radical (unpaired) electrons. The fourth-order valence-corrected chi connectivity index (χ4v) is 2.60. The lowest BCUT2D eigenvalue weighted by Crippen LogP contribution is -2.32. The number of anilines is 1. The maximum atomic E-state index is 12.0. The normalized spacial score (nSPS) is 18.6. The van der Waals surface area contributed by atoms with Crippen LogP contribution in [0.2, 0.25) is 0 Å². The van der Waals surface area contributed by atoms with E-state index in [1.165, 1.54) is 5.56 Å². The van der Waals surface area contributed by atoms with E-state index >= 15 is 0 Å². The third-order valence-electron chi connectivity index (χ3n) is 3.73. The zero-order valence-electron chi connectivity index (χ0n) is 12.2. The Balaban J connectivity index is 0.00000200. The first-order valence-electron chi connectivity index (χ1n) is 6.88. The van der Waals surface area contributed by atoms with Gasteiger partial charge in [0.2, 0.25) is 5.91 Å². The molecule has 5 heteroatoms. The lowest BCUT2D eigenvalue weighted by atomic mass is 10.1. The third-order valence-corrected chi connectivity index (χ3v) is 3.73. The minimum atomic E-state index is 0. The van der Waals surface area contributed by atoms with Crippen LogP contribution < -0.4 is 11.1 Å². The predicted octanol–water partition coefficient (Wildman–Crippen LogP) is 1.94. The van der Waals surface area contributed by atoms with E-state index in [9.17, 15) is 4.79 Å². The van der Waals surface area contributed by atoms with Crippen molar-refractivity contribution >= 4 is 24.0 Å². The van der Waals surface area contributed by atoms with Gasteiger partial charge < -0.3 is 11.1 Å². The summed E-state index contributed by atoms with van der Waals surface area (Å²) >= 11 is 0. The van der Waals surface area contributed by atoms with Gasteiger partial charge >= 0.3 is 0 Å². The van der Waals surface area contributed by atoms with Crippen molar-refractivity contribution in [1.82, 2.24) is 4.90 Å². The van der Waals surface area contributed by atoms with E-state index in [-0.39, 0.29) is 18.3 Å². The van der Waals surface area contributed by atoms with Gasteiger partial charge in [0.05, 0.1) is 6.54 Å². The minimum absolute atomic E-state index is 0. The Labute approximate surface area is 127 Å². The number of amides is 1. The van der Waals surface area contributed by atoms with Gasteiger partial charge in [-0.1, -0.05) is 17.7 Å². The summed E-state index contributed by atoms with van der Waals surface area (Å²) in [5.41, 5.74) is 8.88. The number of hydrogen-bond donors (Lipinski definition) is 2. The van der Waals surface area contributed by atoms with E-state index in [2.05, 4.69) is 23.2 Å². The molecule has 4 nitrogen and oxygen atoms in total. The number of rotatable bonds is 4. The summed E-state index contributed by atoms with van der Waals surface area (Å²) in [6.07, 6.45) is 1.10. The van der Waals surface area contributed by atoms with Crippen LogP contribution in [0.5, 0.6) is 0 Å². The lowest BCUT2D eigenvalue weighted by molar-refractivity contribution is -0.117. The molecule has 2 rings (SSSR count). The maximum absolute atomic E-state index is 12.0. The van der Waals surface area contributed by atoms with Crippen molar-refractivity contribution in [2.75, 3.05) is 31.5 Å². The number of aryl methyl sites for hydroxylation is 2. The number of carbonyl (C=O) groups excluding carboxylic acids is 1. The Morgan fingerprint density at radius 1 is 1.45 bits per heavy atom. The second-order valence-electron chi connectivity index (χ2n) is 5.49. The average molecular weight is 298 g/mol. The molecule has 20 heavy (non-hydrogen) atoms. The first kappa shape index (κ1) is 17.0. The molecule has 1 fully saturated rings. The molecule has 112 valence electrons. The highest BCUT2D eigenvalue weighted by molar-refractivity contribution is 5.93. The number of nitrogens with one attached hydrogen (secondary N) is 1. The summed E-state index contributed by atoms with van der Waals surface area (Å²) < 4.78 is 0. The second kappa shape index (κ2) is 7.62. The summed E-state index contributed by atoms with van der Waals surface area (Å²) in [5, 5.41) is 2.99. The Bertz CT molecular complexity index is 464. The Hall–Kier alpha value is -1.10. The van der Waals surface area contributed by atoms with Gasteiger partial charge in [-0.2, -0.15) is 0 Å². The summed E-state index contributed by atoms with van der Waals surface area (Å²) in [6.45, 7) is 7.16. The Morgan fingerprint density at radius 3 is 2.80 bits per heavy atom. The summed E-state index contributed by atoms with van der Waals surface area (Å²) in [5.74, 6) is 0.610. The van der Waals surface area contributed by atoms with Crippen molar-refractivity contribution in [2.24, 2.45) is 11.7 Å². The quantitative estimate of drug-likeness (QED) is 0.893. The summed E-state index contributed by atoms with van der Waals surface area (Å²) in [6, 6.07) is 6.06. The van der Waals surface area contributed by atoms with Crippen molar-refractivity contribution in [2.45, 2.75) is 20.3 Å². The van der Waals surface area contributed by atoms with Crippen LogP contribution in [0.4, 0.5) is 5.69 Å². The van der Waals surface area contributed by atoms with Gasteiger partial charge in [-0.25, -0.2) is 0 Å². The molecule has 3 N–H and O–H groups in total. The molecule has 1 heterocycles. The average Bonchev–Trinajstić information content (AvgIpc) is 2.80. The van der Waals surface area contributed by atoms with Gasteiger partial charge in [-0.05, 0) is 50.9 Å². The van der Waals surface area contributed by atoms with Gasteiger partial charge in [-0.15, -0.1) is 12.4 Å². The van der Waals surface area contributed by atoms with E-state index < -0.39 is 0 Å². The molecule has 0 aliphatic carbocycles. The van der Waals surface area contributed by atoms with Crippen molar-refractivity contribution in [3.63, 3.8) is 0 Å². The topological polar surface area (TPSA) is 58.4 Å². The van der Waals surface area contributed by atoms with E-state index in [0.717, 1.165) is 37.3 Å². The number of nitrogens with two attached hydrogens (primary N) is 1. The molecule has 1 aromatic rings. The van der Waals surface area contributed by atoms with Crippen LogP contribution in [0, 0.1) is 19.8 Å². The summed E-state index contributed by atoms with van der Waals surface area (Å²) in [4.78, 5) is 14.2. The number of hydrogen-bond acceptors (Lipinski definition) is 3. The molecule has 0 saturated carbocycles. The van der Waals surface area contributed by atoms with Crippen LogP contribution in [0.3, 0.4) is 0 Å². The van der Waals surface area contributed by atoms with Crippen molar-refractivity contribution in [3.05, 3.63) is 29.3 Å². The molecule has 1 aliphatic heterocycles. The largest absolute Gasteiger partial charge is 0.330 e. The van der Waals surface area contributed by atoms with Crippen molar-refractivity contribution in [3.8, 4) is 0 Å². The van der Waals surface area contributed by atoms with Crippen molar-refractivity contribution < 1.29 is 4.79 Å². The molecule has 1 aromatic carbocycles. The third kappa shape index (κ3) is 4.47. The van der Waals surface area contributed by atoms with Gasteiger partial charge in [-0.3, -0.25) is 9.69 Å². The van der Waals surface area contributed by atoms with Crippen molar-refractivity contribution in [1.29, 1.82) is 0 Å². The molecular weight excluding hydrogens is 274 g/mol. The highest BCUT2D eigenvalue weighted by Gasteiger charge is 2.22. The Morgan fingerprint density at radius 2 is 2.20 bits per heavy atom. The molecule has 0 bridgehead atoms. The zero-order chi connectivity index (χ0) is 13.8. The highest BCUT2D eigenvalue weighted by atomic mass is 35.5. The number of carbonyl (C=O) groups is 1. The van der Waals surface area contributed by atoms with E-state index in [0.29, 0.717) is 12.5 Å². The number of halogens is 1. The molecule has 1 atom stereocenters. The van der Waals surface area contributed by atoms with Crippen LogP contribution in [0.25, 0.3) is 0 Å². The smallest absolute Gasteiger partial charge is 0.238 e. The standard InChI is InChI=1S/C15H23N3O.ClH/c1-11-3-4-14(12(2)7-11)17-15(19)10-18-6-5-13(8-16)9-18;/h3-4,7,13H,5-6,8-10,16H2,1-2H3,(H,17,19);1H. The minimum Gasteiger partial charge on any atom is -0.330 e. The van der Waals surface area contributed by atoms with Gasteiger partial charge in [0.15, 0.2) is 0 Å². The molecule has 0 spiro atoms. The van der Waals surface area contributed by atoms with Crippen LogP contribution in [-0.2, 0) is 4.79 Å². The SMILES string of the molecule is Cc1ccc(NC(=O)CN2CCC(CN)C2)c(C)c1.Cl. The Kier molecular flexibility index (Phi) is 6.46. The number of benzene rings is 1. The van der Waals surface area contributed by atoms with Crippen LogP contribution in [0.1, 0.15) is 17.5 Å². The van der Waals surface area contributed by atoms with Crippen LogP contribution >= 0.6 is 12.4 Å². The van der Waals surface area contributed by atoms with Crippen LogP contribution in [-0.4, -0.2) is 37.0 Å². The molecule has 1 aliphatic rings.